The van der Waals surface area contributed by atoms with E-state index in [2.05, 4.69) is 68.5 Å². The van der Waals surface area contributed by atoms with Crippen molar-refractivity contribution in [2.45, 2.75) is 161 Å². The quantitative estimate of drug-likeness (QED) is 0.0201. The summed E-state index contributed by atoms with van der Waals surface area (Å²) in [6, 6.07) is 0. The molecule has 0 saturated heterocycles. The smallest absolute Gasteiger partial charge is 0.306 e. The van der Waals surface area contributed by atoms with Crippen LogP contribution in [0.25, 0.3) is 0 Å². The zero-order chi connectivity index (χ0) is 40.0. The van der Waals surface area contributed by atoms with Gasteiger partial charge in [0.05, 0.1) is 27.7 Å². The van der Waals surface area contributed by atoms with Crippen LogP contribution in [-0.2, 0) is 32.7 Å². The number of rotatable bonds is 37. The number of phosphoric acid groups is 1. The lowest BCUT2D eigenvalue weighted by Gasteiger charge is -2.28. The van der Waals surface area contributed by atoms with E-state index in [9.17, 15) is 19.0 Å². The summed E-state index contributed by atoms with van der Waals surface area (Å²) in [5.74, 6) is -0.905. The summed E-state index contributed by atoms with van der Waals surface area (Å²) in [5, 5.41) is 0. The van der Waals surface area contributed by atoms with Crippen molar-refractivity contribution in [3.8, 4) is 0 Å². The lowest BCUT2D eigenvalue weighted by Crippen LogP contribution is -2.37. The number of esters is 2. The van der Waals surface area contributed by atoms with Crippen LogP contribution in [0.2, 0.25) is 0 Å². The molecule has 2 atom stereocenters. The molecule has 10 heteroatoms. The summed E-state index contributed by atoms with van der Waals surface area (Å²) in [6.45, 7) is 4.03. The first-order valence-electron chi connectivity index (χ1n) is 21.0. The van der Waals surface area contributed by atoms with Crippen molar-refractivity contribution in [3.05, 3.63) is 60.8 Å². The van der Waals surface area contributed by atoms with Gasteiger partial charge in [0.15, 0.2) is 6.10 Å². The molecule has 54 heavy (non-hydrogen) atoms. The van der Waals surface area contributed by atoms with Gasteiger partial charge in [-0.1, -0.05) is 152 Å². The van der Waals surface area contributed by atoms with E-state index in [0.29, 0.717) is 23.9 Å². The highest BCUT2D eigenvalue weighted by Crippen LogP contribution is 2.38. The van der Waals surface area contributed by atoms with Gasteiger partial charge in [0, 0.05) is 12.8 Å². The summed E-state index contributed by atoms with van der Waals surface area (Å²) in [6.07, 6.45) is 42.5. The van der Waals surface area contributed by atoms with E-state index < -0.39 is 32.5 Å². The molecule has 0 aliphatic heterocycles. The Hall–Kier alpha value is -2.29. The average Bonchev–Trinajstić information content (AvgIpc) is 3.12. The fourth-order valence-electron chi connectivity index (χ4n) is 5.28. The average molecular weight is 780 g/mol. The van der Waals surface area contributed by atoms with Gasteiger partial charge >= 0.3 is 11.9 Å². The van der Waals surface area contributed by atoms with Crippen LogP contribution in [0.4, 0.5) is 0 Å². The summed E-state index contributed by atoms with van der Waals surface area (Å²) < 4.78 is 33.8. The fraction of sp³-hybridized carbons (Fsp3) is 0.727. The molecule has 0 saturated carbocycles. The van der Waals surface area contributed by atoms with E-state index >= 15 is 0 Å². The zero-order valence-corrected chi connectivity index (χ0v) is 35.8. The largest absolute Gasteiger partial charge is 0.756 e. The number of nitrogens with zero attached hydrogens (tertiary/aromatic N) is 1. The second kappa shape index (κ2) is 36.4. The normalized spacial score (nSPS) is 14.3. The molecule has 0 aliphatic carbocycles. The van der Waals surface area contributed by atoms with Crippen molar-refractivity contribution in [2.75, 3.05) is 47.5 Å². The molecule has 0 spiro atoms. The van der Waals surface area contributed by atoms with Gasteiger partial charge in [-0.2, -0.15) is 0 Å². The van der Waals surface area contributed by atoms with Crippen molar-refractivity contribution in [2.24, 2.45) is 0 Å². The van der Waals surface area contributed by atoms with Crippen LogP contribution in [-0.4, -0.2) is 70.0 Å². The molecule has 0 aromatic carbocycles. The Morgan fingerprint density at radius 3 is 1.56 bits per heavy atom. The first kappa shape index (κ1) is 51.7. The second-order valence-electron chi connectivity index (χ2n) is 15.0. The minimum absolute atomic E-state index is 0.0430. The Kier molecular flexibility index (Phi) is 34.8. The maximum absolute atomic E-state index is 12.6. The van der Waals surface area contributed by atoms with E-state index in [1.165, 1.54) is 64.2 Å². The van der Waals surface area contributed by atoms with Crippen LogP contribution < -0.4 is 4.89 Å². The third-order valence-electron chi connectivity index (χ3n) is 8.55. The van der Waals surface area contributed by atoms with Crippen molar-refractivity contribution < 1.29 is 42.1 Å². The van der Waals surface area contributed by atoms with E-state index in [4.69, 9.17) is 18.5 Å². The molecule has 0 fully saturated rings. The van der Waals surface area contributed by atoms with E-state index in [-0.39, 0.29) is 26.1 Å². The molecule has 312 valence electrons. The van der Waals surface area contributed by atoms with E-state index in [1.54, 1.807) is 0 Å². The molecule has 0 N–H and O–H groups in total. The highest BCUT2D eigenvalue weighted by Gasteiger charge is 2.21. The van der Waals surface area contributed by atoms with Gasteiger partial charge in [0.1, 0.15) is 19.8 Å². The van der Waals surface area contributed by atoms with Crippen LogP contribution in [0.5, 0.6) is 0 Å². The van der Waals surface area contributed by atoms with Gasteiger partial charge in [-0.25, -0.2) is 0 Å². The van der Waals surface area contributed by atoms with Gasteiger partial charge in [0.2, 0.25) is 0 Å². The van der Waals surface area contributed by atoms with Gasteiger partial charge < -0.3 is 27.9 Å². The van der Waals surface area contributed by atoms with Crippen molar-refractivity contribution in [3.63, 3.8) is 0 Å². The van der Waals surface area contributed by atoms with Crippen molar-refractivity contribution >= 4 is 19.8 Å². The number of likely N-dealkylation sites (N-methyl/N-ethyl adjacent to an activating group) is 1. The van der Waals surface area contributed by atoms with Gasteiger partial charge in [0.25, 0.3) is 7.82 Å². The summed E-state index contributed by atoms with van der Waals surface area (Å²) in [4.78, 5) is 37.4. The molecular weight excluding hydrogens is 701 g/mol. The third kappa shape index (κ3) is 39.4. The van der Waals surface area contributed by atoms with E-state index in [0.717, 1.165) is 51.4 Å². The Morgan fingerprint density at radius 1 is 0.593 bits per heavy atom. The minimum atomic E-state index is -4.64. The molecule has 0 aromatic rings. The molecule has 0 aromatic heterocycles. The highest BCUT2D eigenvalue weighted by molar-refractivity contribution is 7.45. The number of quaternary nitrogens is 1. The van der Waals surface area contributed by atoms with Crippen molar-refractivity contribution in [1.29, 1.82) is 0 Å². The SMILES string of the molecule is CC/C=C/C/C=C/C/C=C/C/C=C/C/C=C/CCCC(=O)O[C@H](COC(=O)CCCCCCCCCCCCCCC)COP(=O)([O-])OCC[N+](C)(C)C. The summed E-state index contributed by atoms with van der Waals surface area (Å²) in [5.41, 5.74) is 0. The number of phosphoric ester groups is 1. The van der Waals surface area contributed by atoms with E-state index in [1.807, 2.05) is 27.2 Å². The number of hydrogen-bond donors (Lipinski definition) is 0. The lowest BCUT2D eigenvalue weighted by atomic mass is 10.0. The van der Waals surface area contributed by atoms with Crippen LogP contribution in [0.3, 0.4) is 0 Å². The molecular formula is C44H78NO8P. The monoisotopic (exact) mass is 780 g/mol. The highest BCUT2D eigenvalue weighted by atomic mass is 31.2. The number of carbonyl (C=O) groups excluding carboxylic acids is 2. The van der Waals surface area contributed by atoms with Crippen LogP contribution in [0.1, 0.15) is 155 Å². The number of ether oxygens (including phenoxy) is 2. The first-order chi connectivity index (χ1) is 26.0. The number of carbonyl (C=O) groups is 2. The van der Waals surface area contributed by atoms with Crippen LogP contribution >= 0.6 is 7.82 Å². The Morgan fingerprint density at radius 2 is 1.06 bits per heavy atom. The predicted octanol–water partition coefficient (Wildman–Crippen LogP) is 11.1. The van der Waals surface area contributed by atoms with Crippen LogP contribution in [0.15, 0.2) is 60.8 Å². The molecule has 0 heterocycles. The van der Waals surface area contributed by atoms with Gasteiger partial charge in [-0.3, -0.25) is 14.2 Å². The predicted molar refractivity (Wildman–Crippen MR) is 222 cm³/mol. The Bertz CT molecular complexity index is 1110. The Labute approximate surface area is 330 Å². The number of unbranched alkanes of at least 4 members (excludes halogenated alkanes) is 13. The zero-order valence-electron chi connectivity index (χ0n) is 34.9. The topological polar surface area (TPSA) is 111 Å². The molecule has 0 rings (SSSR count). The second-order valence-corrected chi connectivity index (χ2v) is 16.4. The fourth-order valence-corrected chi connectivity index (χ4v) is 6.01. The molecule has 0 bridgehead atoms. The molecule has 1 unspecified atom stereocenters. The van der Waals surface area contributed by atoms with Gasteiger partial charge in [-0.05, 0) is 51.4 Å². The van der Waals surface area contributed by atoms with Crippen LogP contribution in [0, 0.1) is 0 Å². The molecule has 9 nitrogen and oxygen atoms in total. The van der Waals surface area contributed by atoms with Gasteiger partial charge in [-0.15, -0.1) is 0 Å². The molecule has 0 radical (unpaired) electrons. The summed E-state index contributed by atoms with van der Waals surface area (Å²) >= 11 is 0. The maximum atomic E-state index is 12.6. The lowest BCUT2D eigenvalue weighted by molar-refractivity contribution is -0.870. The maximum Gasteiger partial charge on any atom is 0.306 e. The Balaban J connectivity index is 4.50. The standard InChI is InChI=1S/C44H78NO8P/c1-6-8-10-12-14-16-18-20-21-22-23-25-27-29-31-33-35-37-44(47)53-42(41-52-54(48,49)51-39-38-45(3,4)5)40-50-43(46)36-34-32-30-28-26-24-19-17-15-13-11-9-7-2/h8,10,14,16,20-21,23,25,29,31,42H,6-7,9,11-13,15,17-19,22,24,26-28,30,32-41H2,1-5H3/b10-8+,16-14+,21-20+,25-23+,31-29+/t42-/m1/s1. The third-order valence-corrected chi connectivity index (χ3v) is 9.52. The first-order valence-corrected chi connectivity index (χ1v) is 22.5. The molecule has 0 aliphatic rings. The number of allylic oxidation sites excluding steroid dienone is 10. The minimum Gasteiger partial charge on any atom is -0.756 e. The number of hydrogen-bond acceptors (Lipinski definition) is 8. The van der Waals surface area contributed by atoms with Crippen molar-refractivity contribution in [1.82, 2.24) is 0 Å². The molecule has 0 amide bonds. The summed E-state index contributed by atoms with van der Waals surface area (Å²) in [7, 11) is 1.12.